The van der Waals surface area contributed by atoms with Gasteiger partial charge in [0, 0.05) is 43.5 Å². The van der Waals surface area contributed by atoms with E-state index in [0.29, 0.717) is 25.1 Å². The van der Waals surface area contributed by atoms with Crippen molar-refractivity contribution in [2.45, 2.75) is 13.3 Å². The Balaban J connectivity index is 2.12. The van der Waals surface area contributed by atoms with Gasteiger partial charge in [-0.3, -0.25) is 9.59 Å². The lowest BCUT2D eigenvalue weighted by molar-refractivity contribution is -0.118. The number of amides is 2. The van der Waals surface area contributed by atoms with Crippen molar-refractivity contribution in [1.29, 1.82) is 0 Å². The summed E-state index contributed by atoms with van der Waals surface area (Å²) in [5, 5.41) is 5.57. The lowest BCUT2D eigenvalue weighted by atomic mass is 10.1. The minimum Gasteiger partial charge on any atom is -0.355 e. The van der Waals surface area contributed by atoms with Crippen molar-refractivity contribution in [3.05, 3.63) is 35.4 Å². The maximum absolute atomic E-state index is 11.9. The van der Waals surface area contributed by atoms with Crippen molar-refractivity contribution in [3.8, 4) is 0 Å². The molecule has 0 aliphatic carbocycles. The Morgan fingerprint density at radius 2 is 1.64 bits per heavy atom. The topological polar surface area (TPSA) is 75.3 Å². The molecule has 0 heterocycles. The SMILES string of the molecule is CC(=O)NCCSSCCNC(=O)c1ccc(CC=O)cc1. The van der Waals surface area contributed by atoms with E-state index in [4.69, 9.17) is 0 Å². The van der Waals surface area contributed by atoms with E-state index in [0.717, 1.165) is 23.4 Å². The number of carbonyl (C=O) groups excluding carboxylic acids is 3. The van der Waals surface area contributed by atoms with Crippen LogP contribution < -0.4 is 10.6 Å². The van der Waals surface area contributed by atoms with Gasteiger partial charge in [-0.15, -0.1) is 0 Å². The minimum absolute atomic E-state index is 0.0166. The second-order valence-corrected chi connectivity index (χ2v) is 7.15. The fourth-order valence-electron chi connectivity index (χ4n) is 1.58. The van der Waals surface area contributed by atoms with Crippen LogP contribution in [0.1, 0.15) is 22.8 Å². The Morgan fingerprint density at radius 1 is 1.05 bits per heavy atom. The average Bonchev–Trinajstić information content (AvgIpc) is 2.50. The standard InChI is InChI=1S/C15H20N2O3S2/c1-12(19)16-7-10-21-22-11-8-17-15(20)14-4-2-13(3-5-14)6-9-18/h2-5,9H,6-8,10-11H2,1H3,(H,16,19)(H,17,20). The minimum atomic E-state index is -0.110. The van der Waals surface area contributed by atoms with E-state index in [9.17, 15) is 14.4 Å². The van der Waals surface area contributed by atoms with Crippen LogP contribution >= 0.6 is 21.6 Å². The van der Waals surface area contributed by atoms with Crippen molar-refractivity contribution in [3.63, 3.8) is 0 Å². The molecule has 0 aliphatic heterocycles. The Morgan fingerprint density at radius 3 is 2.18 bits per heavy atom. The number of nitrogens with one attached hydrogen (secondary N) is 2. The quantitative estimate of drug-likeness (QED) is 0.385. The molecule has 120 valence electrons. The van der Waals surface area contributed by atoms with Crippen molar-refractivity contribution in [1.82, 2.24) is 10.6 Å². The fourth-order valence-corrected chi connectivity index (χ4v) is 3.40. The molecule has 0 aliphatic rings. The molecular weight excluding hydrogens is 320 g/mol. The summed E-state index contributed by atoms with van der Waals surface area (Å²) in [5.74, 6) is 1.52. The molecule has 0 saturated heterocycles. The van der Waals surface area contributed by atoms with Crippen molar-refractivity contribution in [2.75, 3.05) is 24.6 Å². The third kappa shape index (κ3) is 8.09. The van der Waals surface area contributed by atoms with E-state index in [-0.39, 0.29) is 11.8 Å². The summed E-state index contributed by atoms with van der Waals surface area (Å²) in [6.45, 7) is 2.75. The summed E-state index contributed by atoms with van der Waals surface area (Å²) < 4.78 is 0. The Hall–Kier alpha value is -1.47. The normalized spacial score (nSPS) is 10.0. The molecule has 0 aromatic heterocycles. The second kappa shape index (κ2) is 11.1. The van der Waals surface area contributed by atoms with Crippen molar-refractivity contribution >= 4 is 39.7 Å². The third-order valence-corrected chi connectivity index (χ3v) is 5.06. The van der Waals surface area contributed by atoms with Crippen LogP contribution in [-0.4, -0.2) is 42.7 Å². The first-order chi connectivity index (χ1) is 10.6. The number of rotatable bonds is 10. The molecular formula is C15H20N2O3S2. The first kappa shape index (κ1) is 18.6. The van der Waals surface area contributed by atoms with Gasteiger partial charge in [0.2, 0.25) is 5.91 Å². The van der Waals surface area contributed by atoms with Crippen LogP contribution in [0.5, 0.6) is 0 Å². The largest absolute Gasteiger partial charge is 0.355 e. The highest BCUT2D eigenvalue weighted by atomic mass is 33.1. The zero-order valence-corrected chi connectivity index (χ0v) is 14.1. The highest BCUT2D eigenvalue weighted by Crippen LogP contribution is 2.19. The van der Waals surface area contributed by atoms with Gasteiger partial charge in [0.05, 0.1) is 0 Å². The van der Waals surface area contributed by atoms with E-state index in [2.05, 4.69) is 10.6 Å². The van der Waals surface area contributed by atoms with Crippen LogP contribution in [-0.2, 0) is 16.0 Å². The average molecular weight is 340 g/mol. The fraction of sp³-hybridized carbons (Fsp3) is 0.400. The zero-order chi connectivity index (χ0) is 16.2. The summed E-state index contributed by atoms with van der Waals surface area (Å²) in [4.78, 5) is 32.9. The van der Waals surface area contributed by atoms with Crippen molar-refractivity contribution in [2.24, 2.45) is 0 Å². The van der Waals surface area contributed by atoms with Gasteiger partial charge in [0.1, 0.15) is 6.29 Å². The summed E-state index contributed by atoms with van der Waals surface area (Å²) in [6, 6.07) is 7.03. The van der Waals surface area contributed by atoms with E-state index < -0.39 is 0 Å². The van der Waals surface area contributed by atoms with E-state index in [1.54, 1.807) is 45.9 Å². The monoisotopic (exact) mass is 340 g/mol. The molecule has 1 aromatic carbocycles. The molecule has 0 atom stereocenters. The van der Waals surface area contributed by atoms with E-state index in [1.165, 1.54) is 6.92 Å². The smallest absolute Gasteiger partial charge is 0.251 e. The molecule has 0 saturated carbocycles. The van der Waals surface area contributed by atoms with Crippen LogP contribution in [0.4, 0.5) is 0 Å². The zero-order valence-electron chi connectivity index (χ0n) is 12.5. The molecule has 5 nitrogen and oxygen atoms in total. The van der Waals surface area contributed by atoms with Crippen LogP contribution in [0.15, 0.2) is 24.3 Å². The van der Waals surface area contributed by atoms with Gasteiger partial charge in [0.15, 0.2) is 0 Å². The van der Waals surface area contributed by atoms with Gasteiger partial charge in [0.25, 0.3) is 5.91 Å². The molecule has 0 bridgehead atoms. The molecule has 0 fully saturated rings. The Bertz CT molecular complexity index is 492. The summed E-state index contributed by atoms with van der Waals surface area (Å²) in [7, 11) is 3.33. The van der Waals surface area contributed by atoms with Gasteiger partial charge in [-0.05, 0) is 17.7 Å². The summed E-state index contributed by atoms with van der Waals surface area (Å²) in [6.07, 6.45) is 1.21. The van der Waals surface area contributed by atoms with Crippen LogP contribution in [0.2, 0.25) is 0 Å². The van der Waals surface area contributed by atoms with Gasteiger partial charge in [-0.25, -0.2) is 0 Å². The number of hydrogen-bond acceptors (Lipinski definition) is 5. The van der Waals surface area contributed by atoms with Crippen LogP contribution in [0.3, 0.4) is 0 Å². The Labute approximate surface area is 138 Å². The van der Waals surface area contributed by atoms with Crippen LogP contribution in [0, 0.1) is 0 Å². The van der Waals surface area contributed by atoms with Gasteiger partial charge in [-0.2, -0.15) is 0 Å². The molecule has 2 amide bonds. The lowest BCUT2D eigenvalue weighted by Crippen LogP contribution is -2.25. The highest BCUT2D eigenvalue weighted by molar-refractivity contribution is 8.76. The number of aldehydes is 1. The first-order valence-corrected chi connectivity index (χ1v) is 9.42. The number of carbonyl (C=O) groups is 3. The van der Waals surface area contributed by atoms with E-state index >= 15 is 0 Å². The molecule has 0 radical (unpaired) electrons. The molecule has 7 heteroatoms. The predicted molar refractivity (Wildman–Crippen MR) is 92.1 cm³/mol. The molecule has 22 heavy (non-hydrogen) atoms. The summed E-state index contributed by atoms with van der Waals surface area (Å²) >= 11 is 0. The molecule has 0 spiro atoms. The van der Waals surface area contributed by atoms with Gasteiger partial charge < -0.3 is 15.4 Å². The maximum atomic E-state index is 11.9. The van der Waals surface area contributed by atoms with Gasteiger partial charge in [-0.1, -0.05) is 33.7 Å². The summed E-state index contributed by atoms with van der Waals surface area (Å²) in [5.41, 5.74) is 1.50. The maximum Gasteiger partial charge on any atom is 0.251 e. The molecule has 2 N–H and O–H groups in total. The number of benzene rings is 1. The molecule has 0 unspecified atom stereocenters. The highest BCUT2D eigenvalue weighted by Gasteiger charge is 2.04. The molecule has 1 rings (SSSR count). The van der Waals surface area contributed by atoms with Gasteiger partial charge >= 0.3 is 0 Å². The Kier molecular flexibility index (Phi) is 9.41. The predicted octanol–water partition coefficient (Wildman–Crippen LogP) is 1.68. The van der Waals surface area contributed by atoms with E-state index in [1.807, 2.05) is 0 Å². The van der Waals surface area contributed by atoms with Crippen LogP contribution in [0.25, 0.3) is 0 Å². The lowest BCUT2D eigenvalue weighted by Gasteiger charge is -2.06. The number of hydrogen-bond donors (Lipinski definition) is 2. The first-order valence-electron chi connectivity index (χ1n) is 6.93. The molecule has 1 aromatic rings. The third-order valence-electron chi connectivity index (χ3n) is 2.65. The second-order valence-electron chi connectivity index (χ2n) is 4.45. The van der Waals surface area contributed by atoms with Crippen molar-refractivity contribution < 1.29 is 14.4 Å².